The van der Waals surface area contributed by atoms with Crippen LogP contribution in [-0.4, -0.2) is 42.3 Å². The second-order valence-corrected chi connectivity index (χ2v) is 10.6. The molecule has 10 heteroatoms. The predicted molar refractivity (Wildman–Crippen MR) is 110 cm³/mol. The summed E-state index contributed by atoms with van der Waals surface area (Å²) in [6.07, 6.45) is -0.0270. The maximum Gasteiger partial charge on any atom is 0.252 e. The summed E-state index contributed by atoms with van der Waals surface area (Å²) in [5, 5.41) is -0.0260. The van der Waals surface area contributed by atoms with Crippen LogP contribution in [0.25, 0.3) is 0 Å². The number of anilines is 1. The Bertz CT molecular complexity index is 1110. The molecule has 0 saturated carbocycles. The highest BCUT2D eigenvalue weighted by Gasteiger charge is 2.49. The fourth-order valence-corrected chi connectivity index (χ4v) is 7.47. The number of amides is 1. The summed E-state index contributed by atoms with van der Waals surface area (Å²) in [5.74, 6) is -1.62. The highest BCUT2D eigenvalue weighted by molar-refractivity contribution is 8.16. The third kappa shape index (κ3) is 4.31. The van der Waals surface area contributed by atoms with Crippen molar-refractivity contribution in [1.82, 2.24) is 0 Å². The summed E-state index contributed by atoms with van der Waals surface area (Å²) < 4.78 is 51.2. The van der Waals surface area contributed by atoms with Crippen LogP contribution < -0.4 is 4.90 Å². The van der Waals surface area contributed by atoms with E-state index >= 15 is 0 Å². The largest absolute Gasteiger partial charge is 0.315 e. The van der Waals surface area contributed by atoms with Crippen LogP contribution >= 0.6 is 23.4 Å². The zero-order valence-corrected chi connectivity index (χ0v) is 17.3. The van der Waals surface area contributed by atoms with Gasteiger partial charge >= 0.3 is 0 Å². The first-order valence-corrected chi connectivity index (χ1v) is 11.8. The lowest BCUT2D eigenvalue weighted by molar-refractivity contribution is -0.117. The number of hydrogen-bond acceptors (Lipinski definition) is 4. The number of halogens is 3. The van der Waals surface area contributed by atoms with E-state index in [0.29, 0.717) is 16.4 Å². The molecule has 2 fully saturated rings. The van der Waals surface area contributed by atoms with Gasteiger partial charge in [-0.25, -0.2) is 17.2 Å². The Balaban J connectivity index is 1.65. The summed E-state index contributed by atoms with van der Waals surface area (Å²) in [5.41, 5.74) is 0.993. The van der Waals surface area contributed by atoms with Crippen molar-refractivity contribution >= 4 is 50.0 Å². The summed E-state index contributed by atoms with van der Waals surface area (Å²) in [6, 6.07) is 9.24. The standard InChI is InChI=1S/C19H15ClF2N2O3S2/c20-14-6-5-13(8-15(14)22)24-16-9-29(26,27)10-17(16)28-19(24)23-18(25)7-11-1-3-12(21)4-2-11/h1-6,8,16-17H,7,9-10H2/t16-,17-/m0/s1. The predicted octanol–water partition coefficient (Wildman–Crippen LogP) is 3.46. The van der Waals surface area contributed by atoms with Gasteiger partial charge in [0.15, 0.2) is 15.0 Å². The zero-order chi connectivity index (χ0) is 20.8. The lowest BCUT2D eigenvalue weighted by Crippen LogP contribution is -2.37. The topological polar surface area (TPSA) is 66.8 Å². The molecule has 29 heavy (non-hydrogen) atoms. The maximum atomic E-state index is 14.0. The molecule has 2 aromatic rings. The van der Waals surface area contributed by atoms with E-state index in [4.69, 9.17) is 11.6 Å². The summed E-state index contributed by atoms with van der Waals surface area (Å²) >= 11 is 6.96. The molecule has 2 heterocycles. The molecule has 2 aliphatic rings. The summed E-state index contributed by atoms with van der Waals surface area (Å²) in [4.78, 5) is 18.2. The molecule has 0 radical (unpaired) electrons. The van der Waals surface area contributed by atoms with Crippen LogP contribution in [0.1, 0.15) is 5.56 Å². The normalized spacial score (nSPS) is 24.1. The van der Waals surface area contributed by atoms with Crippen molar-refractivity contribution in [3.8, 4) is 0 Å². The molecule has 152 valence electrons. The van der Waals surface area contributed by atoms with Gasteiger partial charge in [0.25, 0.3) is 5.91 Å². The van der Waals surface area contributed by atoms with Gasteiger partial charge in [-0.3, -0.25) is 4.79 Å². The molecular weight excluding hydrogens is 442 g/mol. The first-order valence-electron chi connectivity index (χ1n) is 8.69. The molecular formula is C19H15ClF2N2O3S2. The van der Waals surface area contributed by atoms with Crippen LogP contribution in [0.5, 0.6) is 0 Å². The Morgan fingerprint density at radius 3 is 2.59 bits per heavy atom. The summed E-state index contributed by atoms with van der Waals surface area (Å²) in [6.45, 7) is 0. The quantitative estimate of drug-likeness (QED) is 0.707. The number of carbonyl (C=O) groups excluding carboxylic acids is 1. The molecule has 2 atom stereocenters. The lowest BCUT2D eigenvalue weighted by atomic mass is 10.1. The van der Waals surface area contributed by atoms with Crippen molar-refractivity contribution < 1.29 is 22.0 Å². The minimum atomic E-state index is -3.23. The average molecular weight is 457 g/mol. The average Bonchev–Trinajstić information content (AvgIpc) is 3.10. The van der Waals surface area contributed by atoms with Gasteiger partial charge in [0.05, 0.1) is 29.0 Å². The number of aliphatic imine (C=N–C) groups is 1. The van der Waals surface area contributed by atoms with Crippen molar-refractivity contribution in [2.45, 2.75) is 17.7 Å². The van der Waals surface area contributed by atoms with Gasteiger partial charge in [-0.2, -0.15) is 4.99 Å². The van der Waals surface area contributed by atoms with Gasteiger partial charge in [0.1, 0.15) is 11.6 Å². The van der Waals surface area contributed by atoms with Crippen LogP contribution in [0.3, 0.4) is 0 Å². The number of amidine groups is 1. The molecule has 2 saturated heterocycles. The maximum absolute atomic E-state index is 14.0. The zero-order valence-electron chi connectivity index (χ0n) is 14.9. The lowest BCUT2D eigenvalue weighted by Gasteiger charge is -2.24. The van der Waals surface area contributed by atoms with E-state index in [1.165, 1.54) is 48.2 Å². The van der Waals surface area contributed by atoms with Gasteiger partial charge in [-0.15, -0.1) is 0 Å². The number of carbonyl (C=O) groups is 1. The van der Waals surface area contributed by atoms with Crippen LogP contribution in [-0.2, 0) is 21.1 Å². The van der Waals surface area contributed by atoms with Crippen molar-refractivity contribution in [2.24, 2.45) is 4.99 Å². The van der Waals surface area contributed by atoms with Crippen molar-refractivity contribution in [2.75, 3.05) is 16.4 Å². The van der Waals surface area contributed by atoms with Crippen LogP contribution in [0.15, 0.2) is 47.5 Å². The second-order valence-electron chi connectivity index (χ2n) is 6.86. The Kier molecular flexibility index (Phi) is 5.39. The molecule has 1 amide bonds. The Hall–Kier alpha value is -1.97. The number of rotatable bonds is 3. The molecule has 0 spiro atoms. The van der Waals surface area contributed by atoms with Crippen LogP contribution in [0, 0.1) is 11.6 Å². The number of hydrogen-bond donors (Lipinski definition) is 0. The minimum Gasteiger partial charge on any atom is -0.315 e. The van der Waals surface area contributed by atoms with Gasteiger partial charge in [0.2, 0.25) is 0 Å². The molecule has 2 aliphatic heterocycles. The summed E-state index contributed by atoms with van der Waals surface area (Å²) in [7, 11) is -3.23. The Morgan fingerprint density at radius 2 is 1.90 bits per heavy atom. The SMILES string of the molecule is O=C(Cc1ccc(F)cc1)N=C1S[C@H]2CS(=O)(=O)C[C@@H]2N1c1ccc(Cl)c(F)c1. The molecule has 5 nitrogen and oxygen atoms in total. The smallest absolute Gasteiger partial charge is 0.252 e. The number of sulfone groups is 1. The number of nitrogens with zero attached hydrogens (tertiary/aromatic N) is 2. The minimum absolute atomic E-state index is 0.0270. The van der Waals surface area contributed by atoms with Crippen molar-refractivity contribution in [3.63, 3.8) is 0 Å². The fourth-order valence-electron chi connectivity index (χ4n) is 3.42. The van der Waals surface area contributed by atoms with E-state index in [1.807, 2.05) is 0 Å². The van der Waals surface area contributed by atoms with Gasteiger partial charge in [-0.05, 0) is 35.9 Å². The van der Waals surface area contributed by atoms with E-state index in [0.717, 1.165) is 0 Å². The fraction of sp³-hybridized carbons (Fsp3) is 0.263. The second kappa shape index (κ2) is 7.70. The third-order valence-corrected chi connectivity index (χ3v) is 8.25. The Labute approximate surface area is 175 Å². The van der Waals surface area contributed by atoms with Gasteiger partial charge in [-0.1, -0.05) is 35.5 Å². The number of benzene rings is 2. The molecule has 0 bridgehead atoms. The highest BCUT2D eigenvalue weighted by Crippen LogP contribution is 2.41. The monoisotopic (exact) mass is 456 g/mol. The van der Waals surface area contributed by atoms with E-state index in [-0.39, 0.29) is 28.2 Å². The van der Waals surface area contributed by atoms with E-state index in [2.05, 4.69) is 4.99 Å². The molecule has 0 unspecified atom stereocenters. The van der Waals surface area contributed by atoms with Crippen LogP contribution in [0.4, 0.5) is 14.5 Å². The molecule has 2 aromatic carbocycles. The number of fused-ring (bicyclic) bond motifs is 1. The Morgan fingerprint density at radius 1 is 1.17 bits per heavy atom. The van der Waals surface area contributed by atoms with Gasteiger partial charge < -0.3 is 4.90 Å². The van der Waals surface area contributed by atoms with Crippen molar-refractivity contribution in [3.05, 3.63) is 64.7 Å². The number of thioether (sulfide) groups is 1. The first kappa shape index (κ1) is 20.3. The van der Waals surface area contributed by atoms with E-state index in [9.17, 15) is 22.0 Å². The third-order valence-electron chi connectivity index (χ3n) is 4.74. The van der Waals surface area contributed by atoms with E-state index in [1.54, 1.807) is 11.0 Å². The van der Waals surface area contributed by atoms with Crippen LogP contribution in [0.2, 0.25) is 5.02 Å². The molecule has 0 N–H and O–H groups in total. The first-order chi connectivity index (χ1) is 13.7. The van der Waals surface area contributed by atoms with Gasteiger partial charge in [0, 0.05) is 10.9 Å². The highest BCUT2D eigenvalue weighted by atomic mass is 35.5. The van der Waals surface area contributed by atoms with E-state index < -0.39 is 33.4 Å². The van der Waals surface area contributed by atoms with Crippen molar-refractivity contribution in [1.29, 1.82) is 0 Å². The molecule has 0 aliphatic carbocycles. The molecule has 0 aromatic heterocycles. The molecule has 4 rings (SSSR count).